The number of nitrogens with zero attached hydrogens (tertiary/aromatic N) is 1. The van der Waals surface area contributed by atoms with Gasteiger partial charge in [0.25, 0.3) is 5.91 Å². The van der Waals surface area contributed by atoms with Crippen LogP contribution in [0, 0.1) is 0 Å². The molecule has 2 aromatic rings. The lowest BCUT2D eigenvalue weighted by molar-refractivity contribution is 0.0682. The number of aromatic nitrogens is 1. The van der Waals surface area contributed by atoms with Crippen molar-refractivity contribution in [3.8, 4) is 5.75 Å². The van der Waals surface area contributed by atoms with Crippen molar-refractivity contribution >= 4 is 11.6 Å². The Hall–Kier alpha value is -2.40. The van der Waals surface area contributed by atoms with E-state index < -0.39 is 0 Å². The number of benzene rings is 1. The molecule has 114 valence electrons. The Balaban J connectivity index is 1.66. The molecule has 1 N–H and O–H groups in total. The van der Waals surface area contributed by atoms with Gasteiger partial charge < -0.3 is 14.8 Å². The molecule has 5 nitrogen and oxygen atoms in total. The molecular weight excluding hydrogens is 280 g/mol. The molecule has 1 aromatic carbocycles. The van der Waals surface area contributed by atoms with E-state index in [2.05, 4.69) is 10.3 Å². The number of hydrogen-bond donors (Lipinski definition) is 1. The molecule has 0 spiro atoms. The van der Waals surface area contributed by atoms with E-state index in [-0.39, 0.29) is 12.0 Å². The molecule has 0 aliphatic carbocycles. The predicted octanol–water partition coefficient (Wildman–Crippen LogP) is 2.89. The molecule has 1 atom stereocenters. The average molecular weight is 298 g/mol. The maximum absolute atomic E-state index is 12.2. The fourth-order valence-electron chi connectivity index (χ4n) is 2.35. The average Bonchev–Trinajstić information content (AvgIpc) is 3.08. The first-order valence-corrected chi connectivity index (χ1v) is 7.38. The SMILES string of the molecule is O=C(Nc1ccccc1OC[C@@H]1CCCO1)c1ccncc1. The maximum atomic E-state index is 12.2. The molecule has 3 rings (SSSR count). The van der Waals surface area contributed by atoms with Gasteiger partial charge in [0, 0.05) is 24.6 Å². The Morgan fingerprint density at radius 1 is 1.27 bits per heavy atom. The zero-order valence-corrected chi connectivity index (χ0v) is 12.2. The number of anilines is 1. The van der Waals surface area contributed by atoms with E-state index in [9.17, 15) is 4.79 Å². The van der Waals surface area contributed by atoms with Crippen LogP contribution >= 0.6 is 0 Å². The third-order valence-electron chi connectivity index (χ3n) is 3.53. The molecule has 0 unspecified atom stereocenters. The van der Waals surface area contributed by atoms with Crippen molar-refractivity contribution in [3.63, 3.8) is 0 Å². The zero-order chi connectivity index (χ0) is 15.2. The highest BCUT2D eigenvalue weighted by atomic mass is 16.5. The third kappa shape index (κ3) is 3.62. The summed E-state index contributed by atoms with van der Waals surface area (Å²) in [7, 11) is 0. The first-order valence-electron chi connectivity index (χ1n) is 7.38. The van der Waals surface area contributed by atoms with Gasteiger partial charge in [0.05, 0.1) is 11.8 Å². The molecule has 2 heterocycles. The van der Waals surface area contributed by atoms with E-state index in [0.717, 1.165) is 19.4 Å². The first kappa shape index (κ1) is 14.5. The zero-order valence-electron chi connectivity index (χ0n) is 12.2. The second-order valence-corrected chi connectivity index (χ2v) is 5.13. The summed E-state index contributed by atoms with van der Waals surface area (Å²) < 4.78 is 11.4. The number of para-hydroxylation sites is 2. The van der Waals surface area contributed by atoms with Crippen LogP contribution in [0.1, 0.15) is 23.2 Å². The Labute approximate surface area is 129 Å². The van der Waals surface area contributed by atoms with Crippen LogP contribution in [0.15, 0.2) is 48.8 Å². The van der Waals surface area contributed by atoms with Gasteiger partial charge in [-0.15, -0.1) is 0 Å². The minimum Gasteiger partial charge on any atom is -0.489 e. The Kier molecular flexibility index (Phi) is 4.65. The number of nitrogens with one attached hydrogen (secondary N) is 1. The molecule has 1 saturated heterocycles. The molecule has 0 radical (unpaired) electrons. The van der Waals surface area contributed by atoms with Crippen molar-refractivity contribution < 1.29 is 14.3 Å². The van der Waals surface area contributed by atoms with E-state index in [0.29, 0.717) is 23.6 Å². The van der Waals surface area contributed by atoms with E-state index in [1.165, 1.54) is 0 Å². The van der Waals surface area contributed by atoms with Crippen LogP contribution in [0.25, 0.3) is 0 Å². The van der Waals surface area contributed by atoms with Crippen LogP contribution in [-0.2, 0) is 4.74 Å². The summed E-state index contributed by atoms with van der Waals surface area (Å²) in [5.74, 6) is 0.468. The van der Waals surface area contributed by atoms with Gasteiger partial charge in [-0.25, -0.2) is 0 Å². The van der Waals surface area contributed by atoms with Gasteiger partial charge in [-0.3, -0.25) is 9.78 Å². The Bertz CT molecular complexity index is 625. The summed E-state index contributed by atoms with van der Waals surface area (Å²) in [4.78, 5) is 16.1. The Morgan fingerprint density at radius 3 is 2.86 bits per heavy atom. The van der Waals surface area contributed by atoms with E-state index in [1.54, 1.807) is 24.5 Å². The molecular formula is C17H18N2O3. The predicted molar refractivity (Wildman–Crippen MR) is 83.1 cm³/mol. The molecule has 1 amide bonds. The van der Waals surface area contributed by atoms with Gasteiger partial charge in [0.2, 0.25) is 0 Å². The van der Waals surface area contributed by atoms with Crippen molar-refractivity contribution in [2.24, 2.45) is 0 Å². The molecule has 1 aromatic heterocycles. The number of carbonyl (C=O) groups is 1. The first-order chi connectivity index (χ1) is 10.8. The molecule has 0 bridgehead atoms. The van der Waals surface area contributed by atoms with Crippen molar-refractivity contribution in [3.05, 3.63) is 54.4 Å². The van der Waals surface area contributed by atoms with Crippen LogP contribution < -0.4 is 10.1 Å². The van der Waals surface area contributed by atoms with E-state index in [4.69, 9.17) is 9.47 Å². The quantitative estimate of drug-likeness (QED) is 0.922. The number of amides is 1. The summed E-state index contributed by atoms with van der Waals surface area (Å²) >= 11 is 0. The van der Waals surface area contributed by atoms with Crippen LogP contribution in [0.3, 0.4) is 0 Å². The molecule has 22 heavy (non-hydrogen) atoms. The summed E-state index contributed by atoms with van der Waals surface area (Å²) in [6.07, 6.45) is 5.42. The standard InChI is InChI=1S/C17H18N2O3/c20-17(13-7-9-18-10-8-13)19-15-5-1-2-6-16(15)22-12-14-4-3-11-21-14/h1-2,5-10,14H,3-4,11-12H2,(H,19,20)/t14-/m0/s1. The second-order valence-electron chi connectivity index (χ2n) is 5.13. The summed E-state index contributed by atoms with van der Waals surface area (Å²) in [6, 6.07) is 10.8. The topological polar surface area (TPSA) is 60.5 Å². The summed E-state index contributed by atoms with van der Waals surface area (Å²) in [6.45, 7) is 1.30. The summed E-state index contributed by atoms with van der Waals surface area (Å²) in [5.41, 5.74) is 1.21. The van der Waals surface area contributed by atoms with Crippen molar-refractivity contribution in [2.75, 3.05) is 18.5 Å². The number of rotatable bonds is 5. The van der Waals surface area contributed by atoms with Crippen molar-refractivity contribution in [1.29, 1.82) is 0 Å². The van der Waals surface area contributed by atoms with Gasteiger partial charge in [0.15, 0.2) is 0 Å². The van der Waals surface area contributed by atoms with Gasteiger partial charge in [-0.1, -0.05) is 12.1 Å². The molecule has 1 aliphatic heterocycles. The van der Waals surface area contributed by atoms with Gasteiger partial charge >= 0.3 is 0 Å². The molecule has 1 fully saturated rings. The van der Waals surface area contributed by atoms with Crippen LogP contribution in [0.2, 0.25) is 0 Å². The van der Waals surface area contributed by atoms with Crippen LogP contribution in [0.4, 0.5) is 5.69 Å². The number of ether oxygens (including phenoxy) is 2. The molecule has 5 heteroatoms. The lowest BCUT2D eigenvalue weighted by atomic mass is 10.2. The van der Waals surface area contributed by atoms with Gasteiger partial charge in [-0.2, -0.15) is 0 Å². The minimum absolute atomic E-state index is 0.143. The normalized spacial score (nSPS) is 17.2. The van der Waals surface area contributed by atoms with Crippen molar-refractivity contribution in [1.82, 2.24) is 4.98 Å². The Morgan fingerprint density at radius 2 is 2.09 bits per heavy atom. The maximum Gasteiger partial charge on any atom is 0.255 e. The van der Waals surface area contributed by atoms with Gasteiger partial charge in [0.1, 0.15) is 12.4 Å². The van der Waals surface area contributed by atoms with Gasteiger partial charge in [-0.05, 0) is 37.1 Å². The largest absolute Gasteiger partial charge is 0.489 e. The smallest absolute Gasteiger partial charge is 0.255 e. The number of carbonyl (C=O) groups excluding carboxylic acids is 1. The van der Waals surface area contributed by atoms with Crippen LogP contribution in [0.5, 0.6) is 5.75 Å². The van der Waals surface area contributed by atoms with Crippen LogP contribution in [-0.4, -0.2) is 30.2 Å². The van der Waals surface area contributed by atoms with E-state index >= 15 is 0 Å². The fourth-order valence-corrected chi connectivity index (χ4v) is 2.35. The highest BCUT2D eigenvalue weighted by molar-refractivity contribution is 6.04. The number of hydrogen-bond acceptors (Lipinski definition) is 4. The third-order valence-corrected chi connectivity index (χ3v) is 3.53. The second kappa shape index (κ2) is 7.04. The minimum atomic E-state index is -0.185. The molecule has 1 aliphatic rings. The van der Waals surface area contributed by atoms with E-state index in [1.807, 2.05) is 24.3 Å². The highest BCUT2D eigenvalue weighted by Gasteiger charge is 2.17. The lowest BCUT2D eigenvalue weighted by Gasteiger charge is -2.15. The van der Waals surface area contributed by atoms with Crippen molar-refractivity contribution in [2.45, 2.75) is 18.9 Å². The molecule has 0 saturated carbocycles. The monoisotopic (exact) mass is 298 g/mol. The summed E-state index contributed by atoms with van der Waals surface area (Å²) in [5, 5.41) is 2.87. The highest BCUT2D eigenvalue weighted by Crippen LogP contribution is 2.25. The fraction of sp³-hybridized carbons (Fsp3) is 0.294. The lowest BCUT2D eigenvalue weighted by Crippen LogP contribution is -2.18. The number of pyridine rings is 1.